The Morgan fingerprint density at radius 1 is 1.33 bits per heavy atom. The van der Waals surface area contributed by atoms with Crippen molar-refractivity contribution in [3.05, 3.63) is 33.1 Å². The molecule has 0 amide bonds. The van der Waals surface area contributed by atoms with Crippen LogP contribution in [-0.2, 0) is 11.8 Å². The Labute approximate surface area is 101 Å². The van der Waals surface area contributed by atoms with Crippen LogP contribution in [0.15, 0.2) is 21.9 Å². The molecule has 0 unspecified atom stereocenters. The summed E-state index contributed by atoms with van der Waals surface area (Å²) in [6.07, 6.45) is -3.54. The van der Waals surface area contributed by atoms with Crippen molar-refractivity contribution in [3.8, 4) is 0 Å². The number of ether oxygens (including phenoxy) is 1. The fourth-order valence-corrected chi connectivity index (χ4v) is 1.89. The summed E-state index contributed by atoms with van der Waals surface area (Å²) < 4.78 is 7.06. The van der Waals surface area contributed by atoms with E-state index in [9.17, 15) is 19.8 Å². The molecule has 8 nitrogen and oxygen atoms in total. The minimum Gasteiger partial charge on any atom is -0.394 e. The average Bonchev–Trinajstić information content (AvgIpc) is 2.64. The second-order valence-electron chi connectivity index (χ2n) is 4.13. The summed E-state index contributed by atoms with van der Waals surface area (Å²) in [4.78, 5) is 23.0. The van der Waals surface area contributed by atoms with Gasteiger partial charge >= 0.3 is 5.69 Å². The van der Waals surface area contributed by atoms with Crippen LogP contribution >= 0.6 is 0 Å². The molecule has 0 bridgehead atoms. The number of hydrogen-bond acceptors (Lipinski definition) is 6. The molecule has 4 atom stereocenters. The molecule has 2 rings (SSSR count). The van der Waals surface area contributed by atoms with Crippen LogP contribution in [-0.4, -0.2) is 49.4 Å². The highest BCUT2D eigenvalue weighted by Gasteiger charge is 2.43. The summed E-state index contributed by atoms with van der Waals surface area (Å²) in [6, 6.07) is 1.15. The van der Waals surface area contributed by atoms with Gasteiger partial charge in [0.2, 0.25) is 0 Å². The van der Waals surface area contributed by atoms with Crippen LogP contribution < -0.4 is 11.2 Å². The Balaban J connectivity index is 2.42. The van der Waals surface area contributed by atoms with Crippen molar-refractivity contribution >= 4 is 0 Å². The van der Waals surface area contributed by atoms with Gasteiger partial charge in [-0.15, -0.1) is 0 Å². The lowest BCUT2D eigenvalue weighted by molar-refractivity contribution is -0.0555. The van der Waals surface area contributed by atoms with Gasteiger partial charge in [0.05, 0.1) is 6.61 Å². The first-order valence-corrected chi connectivity index (χ1v) is 5.38. The molecule has 1 saturated heterocycles. The summed E-state index contributed by atoms with van der Waals surface area (Å²) in [7, 11) is 1.29. The van der Waals surface area contributed by atoms with Gasteiger partial charge in [-0.2, -0.15) is 0 Å². The van der Waals surface area contributed by atoms with E-state index in [4.69, 9.17) is 9.84 Å². The lowest BCUT2D eigenvalue weighted by Crippen LogP contribution is -2.41. The Morgan fingerprint density at radius 3 is 2.56 bits per heavy atom. The topological polar surface area (TPSA) is 114 Å². The van der Waals surface area contributed by atoms with Crippen molar-refractivity contribution in [3.63, 3.8) is 0 Å². The van der Waals surface area contributed by atoms with Gasteiger partial charge in [-0.3, -0.25) is 13.9 Å². The number of rotatable bonds is 2. The zero-order valence-electron chi connectivity index (χ0n) is 9.63. The van der Waals surface area contributed by atoms with Gasteiger partial charge in [0, 0.05) is 19.3 Å². The van der Waals surface area contributed by atoms with E-state index in [0.717, 1.165) is 15.2 Å². The predicted octanol–water partition coefficient (Wildman–Crippen LogP) is -2.84. The second kappa shape index (κ2) is 4.65. The van der Waals surface area contributed by atoms with Crippen LogP contribution in [0.4, 0.5) is 0 Å². The van der Waals surface area contributed by atoms with Crippen molar-refractivity contribution in [1.29, 1.82) is 0 Å². The van der Waals surface area contributed by atoms with E-state index in [0.29, 0.717) is 0 Å². The van der Waals surface area contributed by atoms with E-state index >= 15 is 0 Å². The monoisotopic (exact) mass is 258 g/mol. The standard InChI is InChI=1S/C10H14N2O6/c1-11-6(14)2-3-12(10(11)17)9-8(16)7(15)5(4-13)18-9/h2-3,5,7-9,13,15-16H,4H2,1H3/t5-,7-,8+,9+/m1/s1. The summed E-state index contributed by atoms with van der Waals surface area (Å²) in [5, 5.41) is 28.3. The fourth-order valence-electron chi connectivity index (χ4n) is 1.89. The Bertz CT molecular complexity index is 550. The summed E-state index contributed by atoms with van der Waals surface area (Å²) in [5.74, 6) is 0. The van der Waals surface area contributed by atoms with Crippen molar-refractivity contribution in [2.75, 3.05) is 6.61 Å². The van der Waals surface area contributed by atoms with Crippen molar-refractivity contribution in [2.45, 2.75) is 24.5 Å². The van der Waals surface area contributed by atoms with Crippen molar-refractivity contribution in [2.24, 2.45) is 7.05 Å². The summed E-state index contributed by atoms with van der Waals surface area (Å²) >= 11 is 0. The van der Waals surface area contributed by atoms with Gasteiger partial charge in [-0.25, -0.2) is 4.79 Å². The number of nitrogens with zero attached hydrogens (tertiary/aromatic N) is 2. The molecule has 100 valence electrons. The Kier molecular flexibility index (Phi) is 3.35. The van der Waals surface area contributed by atoms with E-state index in [1.165, 1.54) is 13.2 Å². The molecule has 1 aromatic heterocycles. The van der Waals surface area contributed by atoms with Crippen molar-refractivity contribution in [1.82, 2.24) is 9.13 Å². The molecule has 0 aliphatic carbocycles. The van der Waals surface area contributed by atoms with E-state index in [1.807, 2.05) is 0 Å². The third kappa shape index (κ3) is 1.89. The lowest BCUT2D eigenvalue weighted by atomic mass is 10.1. The molecule has 3 N–H and O–H groups in total. The molecular weight excluding hydrogens is 244 g/mol. The first kappa shape index (κ1) is 13.0. The van der Waals surface area contributed by atoms with Crippen LogP contribution in [0.25, 0.3) is 0 Å². The lowest BCUT2D eigenvalue weighted by Gasteiger charge is -2.17. The molecule has 1 fully saturated rings. The van der Waals surface area contributed by atoms with Gasteiger partial charge in [0.25, 0.3) is 5.56 Å². The normalized spacial score (nSPS) is 31.8. The molecule has 0 saturated carbocycles. The summed E-state index contributed by atoms with van der Waals surface area (Å²) in [5.41, 5.74) is -1.15. The van der Waals surface area contributed by atoms with Gasteiger partial charge in [-0.1, -0.05) is 0 Å². The van der Waals surface area contributed by atoms with Crippen LogP contribution in [0.1, 0.15) is 6.23 Å². The highest BCUT2D eigenvalue weighted by atomic mass is 16.6. The maximum atomic E-state index is 11.8. The van der Waals surface area contributed by atoms with Crippen molar-refractivity contribution < 1.29 is 20.1 Å². The molecule has 8 heteroatoms. The second-order valence-corrected chi connectivity index (χ2v) is 4.13. The zero-order chi connectivity index (χ0) is 13.4. The highest BCUT2D eigenvalue weighted by molar-refractivity contribution is 4.93. The maximum Gasteiger partial charge on any atom is 0.332 e. The van der Waals surface area contributed by atoms with E-state index in [1.54, 1.807) is 0 Å². The number of aliphatic hydroxyl groups excluding tert-OH is 3. The highest BCUT2D eigenvalue weighted by Crippen LogP contribution is 2.27. The molecule has 0 aromatic carbocycles. The molecule has 0 spiro atoms. The average molecular weight is 258 g/mol. The predicted molar refractivity (Wildman–Crippen MR) is 59.0 cm³/mol. The fraction of sp³-hybridized carbons (Fsp3) is 0.600. The molecule has 1 aliphatic heterocycles. The molecule has 18 heavy (non-hydrogen) atoms. The van der Waals surface area contributed by atoms with Gasteiger partial charge < -0.3 is 20.1 Å². The summed E-state index contributed by atoms with van der Waals surface area (Å²) in [6.45, 7) is -0.477. The molecule has 1 aromatic rings. The first-order chi connectivity index (χ1) is 8.47. The molecule has 2 heterocycles. The largest absolute Gasteiger partial charge is 0.394 e. The van der Waals surface area contributed by atoms with Gasteiger partial charge in [-0.05, 0) is 0 Å². The van der Waals surface area contributed by atoms with Gasteiger partial charge in [0.1, 0.15) is 18.3 Å². The van der Waals surface area contributed by atoms with Crippen LogP contribution in [0.3, 0.4) is 0 Å². The Hall–Kier alpha value is -1.48. The molecule has 0 radical (unpaired) electrons. The SMILES string of the molecule is Cn1c(=O)ccn([C@H]2O[C@H](CO)[C@@H](O)[C@@H]2O)c1=O. The van der Waals surface area contributed by atoms with E-state index < -0.39 is 42.4 Å². The van der Waals surface area contributed by atoms with Crippen LogP contribution in [0.2, 0.25) is 0 Å². The quantitative estimate of drug-likeness (QED) is 0.526. The van der Waals surface area contributed by atoms with Crippen LogP contribution in [0, 0.1) is 0 Å². The third-order valence-electron chi connectivity index (χ3n) is 3.01. The van der Waals surface area contributed by atoms with E-state index in [-0.39, 0.29) is 0 Å². The first-order valence-electron chi connectivity index (χ1n) is 5.38. The Morgan fingerprint density at radius 2 is 2.00 bits per heavy atom. The van der Waals surface area contributed by atoms with E-state index in [2.05, 4.69) is 0 Å². The maximum absolute atomic E-state index is 11.8. The van der Waals surface area contributed by atoms with Crippen LogP contribution in [0.5, 0.6) is 0 Å². The zero-order valence-corrected chi connectivity index (χ0v) is 9.63. The number of aliphatic hydroxyl groups is 3. The third-order valence-corrected chi connectivity index (χ3v) is 3.01. The number of hydrogen-bond donors (Lipinski definition) is 3. The minimum atomic E-state index is -1.35. The van der Waals surface area contributed by atoms with Gasteiger partial charge in [0.15, 0.2) is 6.23 Å². The number of aromatic nitrogens is 2. The smallest absolute Gasteiger partial charge is 0.332 e. The molecular formula is C10H14N2O6. The minimum absolute atomic E-state index is 0.477. The molecule has 1 aliphatic rings.